The first-order valence-electron chi connectivity index (χ1n) is 7.84. The molecule has 1 aliphatic carbocycles. The van der Waals surface area contributed by atoms with Crippen LogP contribution in [0.5, 0.6) is 0 Å². The van der Waals surface area contributed by atoms with Crippen LogP contribution in [0.25, 0.3) is 0 Å². The lowest BCUT2D eigenvalue weighted by Crippen LogP contribution is -2.33. The summed E-state index contributed by atoms with van der Waals surface area (Å²) in [6, 6.07) is 1.03. The summed E-state index contributed by atoms with van der Waals surface area (Å²) in [6.45, 7) is 10.6. The van der Waals surface area contributed by atoms with E-state index in [4.69, 9.17) is 4.42 Å². The predicted octanol–water partition coefficient (Wildman–Crippen LogP) is 3.05. The standard InChI is InChI=1S/C15H28N4O/c1-10(2)8-16-9-14-18-19-15(20-14)17-13-6-5-11(3)7-12(13)4/h10-13,16H,5-9H2,1-4H3,(H,17,19). The van der Waals surface area contributed by atoms with Crippen LogP contribution in [0.15, 0.2) is 4.42 Å². The van der Waals surface area contributed by atoms with Gasteiger partial charge in [0.1, 0.15) is 0 Å². The molecular formula is C15H28N4O. The Bertz CT molecular complexity index is 404. The van der Waals surface area contributed by atoms with Crippen LogP contribution in [0.3, 0.4) is 0 Å². The Hall–Kier alpha value is -1.10. The molecule has 2 N–H and O–H groups in total. The molecule has 1 fully saturated rings. The fourth-order valence-electron chi connectivity index (χ4n) is 2.89. The molecule has 20 heavy (non-hydrogen) atoms. The van der Waals surface area contributed by atoms with Gasteiger partial charge in [0, 0.05) is 6.04 Å². The van der Waals surface area contributed by atoms with Crippen molar-refractivity contribution in [2.45, 2.75) is 59.5 Å². The third kappa shape index (κ3) is 4.47. The summed E-state index contributed by atoms with van der Waals surface area (Å²) in [5.74, 6) is 2.78. The number of aromatic nitrogens is 2. The van der Waals surface area contributed by atoms with Crippen molar-refractivity contribution in [2.24, 2.45) is 17.8 Å². The second-order valence-corrected chi connectivity index (χ2v) is 6.67. The maximum absolute atomic E-state index is 5.65. The van der Waals surface area contributed by atoms with Gasteiger partial charge in [-0.05, 0) is 43.6 Å². The number of nitrogens with zero attached hydrogens (tertiary/aromatic N) is 2. The molecule has 1 heterocycles. The highest BCUT2D eigenvalue weighted by atomic mass is 16.4. The molecule has 0 radical (unpaired) electrons. The van der Waals surface area contributed by atoms with Crippen molar-refractivity contribution in [1.82, 2.24) is 15.5 Å². The Labute approximate surface area is 121 Å². The Morgan fingerprint density at radius 1 is 1.25 bits per heavy atom. The molecule has 114 valence electrons. The topological polar surface area (TPSA) is 63.0 Å². The Morgan fingerprint density at radius 2 is 2.05 bits per heavy atom. The molecule has 1 aromatic heterocycles. The van der Waals surface area contributed by atoms with E-state index < -0.39 is 0 Å². The minimum Gasteiger partial charge on any atom is -0.407 e. The van der Waals surface area contributed by atoms with Crippen LogP contribution < -0.4 is 10.6 Å². The van der Waals surface area contributed by atoms with Crippen molar-refractivity contribution in [3.63, 3.8) is 0 Å². The van der Waals surface area contributed by atoms with Crippen LogP contribution in [-0.4, -0.2) is 22.8 Å². The normalized spacial score (nSPS) is 26.9. The van der Waals surface area contributed by atoms with Gasteiger partial charge in [0.2, 0.25) is 5.89 Å². The Balaban J connectivity index is 1.80. The second kappa shape index (κ2) is 7.07. The second-order valence-electron chi connectivity index (χ2n) is 6.67. The van der Waals surface area contributed by atoms with Gasteiger partial charge in [-0.25, -0.2) is 0 Å². The van der Waals surface area contributed by atoms with Crippen LogP contribution in [0.2, 0.25) is 0 Å². The average molecular weight is 280 g/mol. The highest BCUT2D eigenvalue weighted by Gasteiger charge is 2.26. The van der Waals surface area contributed by atoms with Crippen LogP contribution in [0.1, 0.15) is 52.8 Å². The van der Waals surface area contributed by atoms with Crippen molar-refractivity contribution >= 4 is 6.01 Å². The van der Waals surface area contributed by atoms with Crippen molar-refractivity contribution in [1.29, 1.82) is 0 Å². The first-order valence-corrected chi connectivity index (χ1v) is 7.84. The van der Waals surface area contributed by atoms with Gasteiger partial charge in [0.15, 0.2) is 0 Å². The SMILES string of the molecule is CC(C)CNCc1nnc(NC2CCC(C)CC2C)o1. The summed E-state index contributed by atoms with van der Waals surface area (Å²) in [7, 11) is 0. The van der Waals surface area contributed by atoms with E-state index in [1.165, 1.54) is 19.3 Å². The Kier molecular flexibility index (Phi) is 5.40. The third-order valence-corrected chi connectivity index (χ3v) is 4.04. The monoisotopic (exact) mass is 280 g/mol. The number of anilines is 1. The highest BCUT2D eigenvalue weighted by Crippen LogP contribution is 2.30. The van der Waals surface area contributed by atoms with E-state index >= 15 is 0 Å². The molecule has 2 rings (SSSR count). The van der Waals surface area contributed by atoms with Gasteiger partial charge in [0.25, 0.3) is 0 Å². The molecule has 0 aliphatic heterocycles. The Morgan fingerprint density at radius 3 is 2.75 bits per heavy atom. The molecule has 3 atom stereocenters. The summed E-state index contributed by atoms with van der Waals surface area (Å²) in [5, 5.41) is 14.9. The van der Waals surface area contributed by atoms with Crippen molar-refractivity contribution in [3.05, 3.63) is 5.89 Å². The zero-order valence-corrected chi connectivity index (χ0v) is 13.1. The number of hydrogen-bond acceptors (Lipinski definition) is 5. The quantitative estimate of drug-likeness (QED) is 0.838. The van der Waals surface area contributed by atoms with Crippen molar-refractivity contribution < 1.29 is 4.42 Å². The van der Waals surface area contributed by atoms with E-state index in [9.17, 15) is 0 Å². The van der Waals surface area contributed by atoms with Crippen LogP contribution >= 0.6 is 0 Å². The van der Waals surface area contributed by atoms with Crippen molar-refractivity contribution in [2.75, 3.05) is 11.9 Å². The zero-order chi connectivity index (χ0) is 14.5. The minimum absolute atomic E-state index is 0.461. The molecule has 0 saturated heterocycles. The number of nitrogens with one attached hydrogen (secondary N) is 2. The number of hydrogen-bond donors (Lipinski definition) is 2. The van der Waals surface area contributed by atoms with Gasteiger partial charge < -0.3 is 15.1 Å². The molecule has 0 amide bonds. The predicted molar refractivity (Wildman–Crippen MR) is 80.4 cm³/mol. The highest BCUT2D eigenvalue weighted by molar-refractivity contribution is 5.20. The van der Waals surface area contributed by atoms with Crippen molar-refractivity contribution in [3.8, 4) is 0 Å². The maximum Gasteiger partial charge on any atom is 0.315 e. The summed E-state index contributed by atoms with van der Waals surface area (Å²) < 4.78 is 5.65. The lowest BCUT2D eigenvalue weighted by Gasteiger charge is -2.32. The fourth-order valence-corrected chi connectivity index (χ4v) is 2.89. The van der Waals surface area contributed by atoms with E-state index in [-0.39, 0.29) is 0 Å². The fraction of sp³-hybridized carbons (Fsp3) is 0.867. The van der Waals surface area contributed by atoms with E-state index in [0.29, 0.717) is 36.3 Å². The van der Waals surface area contributed by atoms with E-state index in [1.807, 2.05) is 0 Å². The molecule has 1 aromatic rings. The molecule has 0 aromatic carbocycles. The zero-order valence-electron chi connectivity index (χ0n) is 13.1. The largest absolute Gasteiger partial charge is 0.407 e. The van der Waals surface area contributed by atoms with E-state index in [0.717, 1.165) is 12.5 Å². The lowest BCUT2D eigenvalue weighted by atomic mass is 9.80. The van der Waals surface area contributed by atoms with Gasteiger partial charge in [-0.15, -0.1) is 5.10 Å². The minimum atomic E-state index is 0.461. The first kappa shape index (κ1) is 15.3. The molecule has 3 unspecified atom stereocenters. The van der Waals surface area contributed by atoms with Gasteiger partial charge in [-0.3, -0.25) is 0 Å². The maximum atomic E-state index is 5.65. The number of rotatable bonds is 6. The van der Waals surface area contributed by atoms with Gasteiger partial charge >= 0.3 is 6.01 Å². The van der Waals surface area contributed by atoms with E-state index in [2.05, 4.69) is 48.5 Å². The molecular weight excluding hydrogens is 252 g/mol. The smallest absolute Gasteiger partial charge is 0.315 e. The van der Waals surface area contributed by atoms with Gasteiger partial charge in [-0.1, -0.05) is 32.8 Å². The molecule has 1 saturated carbocycles. The van der Waals surface area contributed by atoms with Crippen LogP contribution in [-0.2, 0) is 6.54 Å². The summed E-state index contributed by atoms with van der Waals surface area (Å²) >= 11 is 0. The molecule has 1 aliphatic rings. The van der Waals surface area contributed by atoms with Crippen LogP contribution in [0, 0.1) is 17.8 Å². The van der Waals surface area contributed by atoms with Gasteiger partial charge in [-0.2, -0.15) is 0 Å². The van der Waals surface area contributed by atoms with Crippen LogP contribution in [0.4, 0.5) is 6.01 Å². The average Bonchev–Trinajstić information content (AvgIpc) is 2.80. The molecule has 5 nitrogen and oxygen atoms in total. The summed E-state index contributed by atoms with van der Waals surface area (Å²) in [6.07, 6.45) is 3.74. The van der Waals surface area contributed by atoms with E-state index in [1.54, 1.807) is 0 Å². The third-order valence-electron chi connectivity index (χ3n) is 4.04. The summed E-state index contributed by atoms with van der Waals surface area (Å²) in [4.78, 5) is 0. The molecule has 5 heteroatoms. The molecule has 0 bridgehead atoms. The molecule has 0 spiro atoms. The van der Waals surface area contributed by atoms with Gasteiger partial charge in [0.05, 0.1) is 6.54 Å². The first-order chi connectivity index (χ1) is 9.54. The lowest BCUT2D eigenvalue weighted by molar-refractivity contribution is 0.272. The summed E-state index contributed by atoms with van der Waals surface area (Å²) in [5.41, 5.74) is 0.